The summed E-state index contributed by atoms with van der Waals surface area (Å²) in [4.78, 5) is 31.9. The van der Waals surface area contributed by atoms with Gasteiger partial charge in [0.25, 0.3) is 5.91 Å². The van der Waals surface area contributed by atoms with Crippen molar-refractivity contribution >= 4 is 28.9 Å². The summed E-state index contributed by atoms with van der Waals surface area (Å²) in [6.45, 7) is 10.3. The van der Waals surface area contributed by atoms with Gasteiger partial charge in [-0.25, -0.2) is 9.78 Å². The first-order chi connectivity index (χ1) is 25.3. The van der Waals surface area contributed by atoms with Crippen LogP contribution in [0.15, 0.2) is 30.5 Å². The van der Waals surface area contributed by atoms with E-state index in [9.17, 15) is 35.9 Å². The Labute approximate surface area is 305 Å². The number of amides is 1. The first-order valence-electron chi connectivity index (χ1n) is 17.6. The van der Waals surface area contributed by atoms with Crippen molar-refractivity contribution in [3.8, 4) is 5.88 Å². The highest BCUT2D eigenvalue weighted by molar-refractivity contribution is 6.06. The number of alkyl halides is 6. The van der Waals surface area contributed by atoms with Gasteiger partial charge >= 0.3 is 18.3 Å². The van der Waals surface area contributed by atoms with Crippen LogP contribution >= 0.6 is 0 Å². The van der Waals surface area contributed by atoms with Crippen LogP contribution in [0.2, 0.25) is 0 Å². The molecule has 0 bridgehead atoms. The molecule has 0 spiro atoms. The Hall–Kier alpha value is -4.77. The first-order valence-corrected chi connectivity index (χ1v) is 17.6. The molecule has 53 heavy (non-hydrogen) atoms. The second kappa shape index (κ2) is 21.7. The Morgan fingerprint density at radius 1 is 0.660 bits per heavy atom. The van der Waals surface area contributed by atoms with Crippen molar-refractivity contribution < 1.29 is 45.4 Å². The Kier molecular flexibility index (Phi) is 18.2. The smallest absolute Gasteiger partial charge is 0.435 e. The summed E-state index contributed by atoms with van der Waals surface area (Å²) in [5.41, 5.74) is -1.87. The second-order valence-electron chi connectivity index (χ2n) is 11.3. The minimum Gasteiger partial charge on any atom is -0.481 e. The van der Waals surface area contributed by atoms with Crippen molar-refractivity contribution in [1.82, 2.24) is 25.4 Å². The fourth-order valence-corrected chi connectivity index (χ4v) is 5.34. The Bertz CT molecular complexity index is 1580. The standard InChI is InChI=1S/C18H20F3N5O2.C13H16F3N3O2.2C2H6/c1-28-15-10-12(6-7-22-15)23-17(27)16-13(26-8-4-2-3-5-9-26)11-14(24-25-16)18(19,20)21;1-21-12(20)11-9(19-6-4-2-3-5-7-19)8-10(17-18-11)13(14,15)16;2*1-2/h6-7,10-11H,2-5,8-9H2,1H3,(H,22,23,27);8H,2-7H2,1H3;2*1-2H3. The summed E-state index contributed by atoms with van der Waals surface area (Å²) in [5.74, 6) is -1.13. The van der Waals surface area contributed by atoms with E-state index in [0.717, 1.165) is 70.6 Å². The van der Waals surface area contributed by atoms with Crippen molar-refractivity contribution in [3.05, 3.63) is 53.2 Å². The number of methoxy groups -OCH3 is 2. The zero-order valence-electron chi connectivity index (χ0n) is 30.9. The molecule has 2 aliphatic heterocycles. The van der Waals surface area contributed by atoms with Gasteiger partial charge in [0, 0.05) is 44.1 Å². The average molecular weight is 759 g/mol. The minimum atomic E-state index is -4.64. The van der Waals surface area contributed by atoms with Gasteiger partial charge in [0.2, 0.25) is 5.88 Å². The van der Waals surface area contributed by atoms with E-state index in [1.807, 2.05) is 27.7 Å². The van der Waals surface area contributed by atoms with Crippen LogP contribution in [0.1, 0.15) is 111 Å². The van der Waals surface area contributed by atoms with Crippen LogP contribution in [0.3, 0.4) is 0 Å². The molecule has 1 amide bonds. The molecule has 5 rings (SSSR count). The molecule has 0 saturated carbocycles. The number of aromatic nitrogens is 5. The molecule has 18 heteroatoms. The molecule has 294 valence electrons. The quantitative estimate of drug-likeness (QED) is 0.192. The van der Waals surface area contributed by atoms with Gasteiger partial charge in [-0.1, -0.05) is 53.4 Å². The lowest BCUT2D eigenvalue weighted by Gasteiger charge is -2.25. The number of pyridine rings is 1. The fourth-order valence-electron chi connectivity index (χ4n) is 5.34. The zero-order chi connectivity index (χ0) is 39.6. The predicted octanol–water partition coefficient (Wildman–Crippen LogP) is 8.25. The fraction of sp³-hybridized carbons (Fsp3) is 0.571. The molecule has 2 fully saturated rings. The SMILES string of the molecule is CC.CC.COC(=O)c1nnc(C(F)(F)F)cc1N1CCCCCC1.COc1cc(NC(=O)c2nnc(C(F)(F)F)cc2N2CCCCCC2)ccn1. The maximum atomic E-state index is 13.1. The van der Waals surface area contributed by atoms with Crippen LogP contribution in [0.5, 0.6) is 5.88 Å². The largest absolute Gasteiger partial charge is 0.481 e. The van der Waals surface area contributed by atoms with E-state index in [2.05, 4.69) is 35.4 Å². The number of hydrogen-bond acceptors (Lipinski definition) is 11. The molecule has 0 aliphatic carbocycles. The van der Waals surface area contributed by atoms with E-state index in [-0.39, 0.29) is 22.8 Å². The summed E-state index contributed by atoms with van der Waals surface area (Å²) < 4.78 is 87.4. The second-order valence-corrected chi connectivity index (χ2v) is 11.3. The van der Waals surface area contributed by atoms with Crippen LogP contribution < -0.4 is 19.9 Å². The monoisotopic (exact) mass is 758 g/mol. The molecule has 2 saturated heterocycles. The van der Waals surface area contributed by atoms with Gasteiger partial charge in [-0.05, 0) is 43.9 Å². The molecule has 1 N–H and O–H groups in total. The molecule has 12 nitrogen and oxygen atoms in total. The van der Waals surface area contributed by atoms with E-state index >= 15 is 0 Å². The zero-order valence-corrected chi connectivity index (χ0v) is 30.9. The number of carbonyl (C=O) groups excluding carboxylic acids is 2. The van der Waals surface area contributed by atoms with Gasteiger partial charge in [-0.3, -0.25) is 4.79 Å². The van der Waals surface area contributed by atoms with Gasteiger partial charge in [0.15, 0.2) is 22.8 Å². The van der Waals surface area contributed by atoms with Gasteiger partial charge in [0.1, 0.15) is 0 Å². The van der Waals surface area contributed by atoms with Crippen molar-refractivity contribution in [2.75, 3.05) is 55.5 Å². The van der Waals surface area contributed by atoms with Crippen molar-refractivity contribution in [3.63, 3.8) is 0 Å². The Morgan fingerprint density at radius 3 is 1.51 bits per heavy atom. The lowest BCUT2D eigenvalue weighted by Crippen LogP contribution is -2.29. The molecule has 3 aromatic heterocycles. The average Bonchev–Trinajstić information content (AvgIpc) is 3.62. The first kappa shape index (κ1) is 44.4. The van der Waals surface area contributed by atoms with Crippen LogP contribution in [0, 0.1) is 0 Å². The summed E-state index contributed by atoms with van der Waals surface area (Å²) in [5, 5.41) is 16.0. The number of hydrogen-bond donors (Lipinski definition) is 1. The summed E-state index contributed by atoms with van der Waals surface area (Å²) >= 11 is 0. The third kappa shape index (κ3) is 13.3. The van der Waals surface area contributed by atoms with Crippen LogP contribution in [0.4, 0.5) is 43.4 Å². The van der Waals surface area contributed by atoms with E-state index < -0.39 is 35.6 Å². The topological polar surface area (TPSA) is 136 Å². The molecule has 0 atom stereocenters. The number of nitrogens with one attached hydrogen (secondary N) is 1. The van der Waals surface area contributed by atoms with Crippen LogP contribution in [-0.4, -0.2) is 77.7 Å². The van der Waals surface area contributed by atoms with E-state index in [0.29, 0.717) is 37.7 Å². The number of carbonyl (C=O) groups is 2. The number of esters is 1. The Balaban J connectivity index is 0.000000347. The third-order valence-electron chi connectivity index (χ3n) is 7.82. The van der Waals surface area contributed by atoms with Crippen LogP contribution in [-0.2, 0) is 17.1 Å². The molecule has 5 heterocycles. The summed E-state index contributed by atoms with van der Waals surface area (Å²) in [6.07, 6.45) is -0.332. The molecule has 2 aliphatic rings. The van der Waals surface area contributed by atoms with E-state index in [4.69, 9.17) is 4.74 Å². The maximum absolute atomic E-state index is 13.1. The molecule has 0 aromatic carbocycles. The van der Waals surface area contributed by atoms with E-state index in [1.165, 1.54) is 19.4 Å². The molecular weight excluding hydrogens is 710 g/mol. The molecular formula is C35H48F6N8O4. The van der Waals surface area contributed by atoms with Crippen molar-refractivity contribution in [2.45, 2.75) is 91.4 Å². The van der Waals surface area contributed by atoms with Crippen molar-refractivity contribution in [1.29, 1.82) is 0 Å². The minimum absolute atomic E-state index is 0.141. The number of rotatable bonds is 6. The van der Waals surface area contributed by atoms with Gasteiger partial charge in [-0.15, -0.1) is 20.4 Å². The van der Waals surface area contributed by atoms with Crippen molar-refractivity contribution in [2.24, 2.45) is 0 Å². The van der Waals surface area contributed by atoms with E-state index in [1.54, 1.807) is 15.9 Å². The number of nitrogens with zero attached hydrogens (tertiary/aromatic N) is 7. The van der Waals surface area contributed by atoms with Gasteiger partial charge in [0.05, 0.1) is 25.6 Å². The molecule has 0 radical (unpaired) electrons. The predicted molar refractivity (Wildman–Crippen MR) is 188 cm³/mol. The lowest BCUT2D eigenvalue weighted by atomic mass is 10.2. The highest BCUT2D eigenvalue weighted by Crippen LogP contribution is 2.33. The highest BCUT2D eigenvalue weighted by Gasteiger charge is 2.36. The normalized spacial score (nSPS) is 14.7. The third-order valence-corrected chi connectivity index (χ3v) is 7.82. The summed E-state index contributed by atoms with van der Waals surface area (Å²) in [6, 6.07) is 4.83. The van der Waals surface area contributed by atoms with Gasteiger partial charge < -0.3 is 24.6 Å². The lowest BCUT2D eigenvalue weighted by molar-refractivity contribution is -0.142. The Morgan fingerprint density at radius 2 is 1.09 bits per heavy atom. The molecule has 3 aromatic rings. The maximum Gasteiger partial charge on any atom is 0.435 e. The highest BCUT2D eigenvalue weighted by atomic mass is 19.4. The number of anilines is 3. The van der Waals surface area contributed by atoms with Gasteiger partial charge in [-0.2, -0.15) is 26.3 Å². The molecule has 0 unspecified atom stereocenters. The number of halogens is 6. The summed E-state index contributed by atoms with van der Waals surface area (Å²) in [7, 11) is 2.60. The van der Waals surface area contributed by atoms with Crippen LogP contribution in [0.25, 0.3) is 0 Å². The number of ether oxygens (including phenoxy) is 2.